The third kappa shape index (κ3) is 6.70. The largest absolute Gasteiger partial charge is 0.451 e. The van der Waals surface area contributed by atoms with Gasteiger partial charge in [0.2, 0.25) is 34.8 Å². The van der Waals surface area contributed by atoms with Gasteiger partial charge in [0.05, 0.1) is 0 Å². The maximum Gasteiger partial charge on any atom is 0.255 e. The van der Waals surface area contributed by atoms with Crippen molar-refractivity contribution < 1.29 is 36.6 Å². The molecule has 0 unspecified atom stereocenters. The molecule has 10 heteroatoms. The van der Waals surface area contributed by atoms with E-state index in [2.05, 4.69) is 10.6 Å². The van der Waals surface area contributed by atoms with Gasteiger partial charge in [-0.05, 0) is 62.4 Å². The van der Waals surface area contributed by atoms with E-state index in [9.17, 15) is 9.59 Å². The predicted molar refractivity (Wildman–Crippen MR) is 158 cm³/mol. The van der Waals surface area contributed by atoms with Crippen molar-refractivity contribution in [3.05, 3.63) is 143 Å². The summed E-state index contributed by atoms with van der Waals surface area (Å²) < 4.78 is 70.4. The Hall–Kier alpha value is -5.64. The quantitative estimate of drug-likeness (QED) is 0.138. The van der Waals surface area contributed by atoms with Crippen molar-refractivity contribution in [1.82, 2.24) is 0 Å². The van der Waals surface area contributed by atoms with Crippen molar-refractivity contribution in [3.8, 4) is 23.0 Å². The summed E-state index contributed by atoms with van der Waals surface area (Å²) in [5, 5.41) is 5.24. The van der Waals surface area contributed by atoms with Crippen LogP contribution in [0.25, 0.3) is 0 Å². The SMILES string of the molecule is Cc1ccc(C(=O)Nc2cccc(Oc3c(F)c(F)c(Oc4cccc(NC(=O)c5ccc(C)cc5)c4)c(F)c3F)c2)cc1. The summed E-state index contributed by atoms with van der Waals surface area (Å²) in [6.45, 7) is 3.75. The van der Waals surface area contributed by atoms with Crippen molar-refractivity contribution in [3.63, 3.8) is 0 Å². The number of benzene rings is 5. The minimum absolute atomic E-state index is 0.200. The average molecular weight is 601 g/mol. The molecule has 0 saturated carbocycles. The van der Waals surface area contributed by atoms with E-state index >= 15 is 17.6 Å². The molecule has 0 heterocycles. The van der Waals surface area contributed by atoms with E-state index in [0.29, 0.717) is 11.1 Å². The van der Waals surface area contributed by atoms with Gasteiger partial charge >= 0.3 is 0 Å². The molecule has 0 aliphatic carbocycles. The molecule has 0 aliphatic heterocycles. The Morgan fingerprint density at radius 2 is 0.864 bits per heavy atom. The first-order valence-corrected chi connectivity index (χ1v) is 13.3. The monoisotopic (exact) mass is 600 g/mol. The molecule has 222 valence electrons. The first-order valence-electron chi connectivity index (χ1n) is 13.3. The standard InChI is InChI=1S/C34H24F4N2O4/c1-19-9-13-21(14-10-19)33(41)39-23-5-3-7-25(17-23)43-31-27(35)29(37)32(30(38)28(31)36)44-26-8-4-6-24(18-26)40-34(42)22-15-11-20(2)12-16-22/h3-18H,1-2H3,(H,39,41)(H,40,42). The Kier molecular flexibility index (Phi) is 8.61. The highest BCUT2D eigenvalue weighted by Crippen LogP contribution is 2.39. The highest BCUT2D eigenvalue weighted by molar-refractivity contribution is 6.05. The summed E-state index contributed by atoms with van der Waals surface area (Å²) >= 11 is 0. The molecular weight excluding hydrogens is 576 g/mol. The molecule has 0 fully saturated rings. The van der Waals surface area contributed by atoms with Crippen LogP contribution < -0.4 is 20.1 Å². The van der Waals surface area contributed by atoms with Crippen LogP contribution in [-0.4, -0.2) is 11.8 Å². The van der Waals surface area contributed by atoms with Crippen molar-refractivity contribution >= 4 is 23.2 Å². The highest BCUT2D eigenvalue weighted by atomic mass is 19.2. The molecule has 6 nitrogen and oxygen atoms in total. The van der Waals surface area contributed by atoms with E-state index in [1.165, 1.54) is 48.5 Å². The van der Waals surface area contributed by atoms with E-state index in [1.807, 2.05) is 13.8 Å². The third-order valence-electron chi connectivity index (χ3n) is 6.43. The number of halogens is 4. The number of carbonyl (C=O) groups excluding carboxylic acids is 2. The third-order valence-corrected chi connectivity index (χ3v) is 6.43. The highest BCUT2D eigenvalue weighted by Gasteiger charge is 2.29. The molecule has 0 spiro atoms. The number of nitrogens with one attached hydrogen (secondary N) is 2. The fraction of sp³-hybridized carbons (Fsp3) is 0.0588. The van der Waals surface area contributed by atoms with Gasteiger partial charge in [-0.2, -0.15) is 17.6 Å². The van der Waals surface area contributed by atoms with Gasteiger partial charge in [0.1, 0.15) is 11.5 Å². The van der Waals surface area contributed by atoms with Crippen molar-refractivity contribution in [2.24, 2.45) is 0 Å². The summed E-state index contributed by atoms with van der Waals surface area (Å²) in [6.07, 6.45) is 0. The second-order valence-corrected chi connectivity index (χ2v) is 9.81. The summed E-state index contributed by atoms with van der Waals surface area (Å²) in [5.41, 5.74) is 3.10. The van der Waals surface area contributed by atoms with Crippen LogP contribution in [0, 0.1) is 37.1 Å². The summed E-state index contributed by atoms with van der Waals surface area (Å²) in [7, 11) is 0. The second kappa shape index (κ2) is 12.7. The van der Waals surface area contributed by atoms with Gasteiger partial charge in [0.15, 0.2) is 0 Å². The summed E-state index contributed by atoms with van der Waals surface area (Å²) in [5.74, 6) is -11.3. The first-order chi connectivity index (χ1) is 21.1. The molecule has 0 bridgehead atoms. The van der Waals surface area contributed by atoms with Crippen LogP contribution in [0.15, 0.2) is 97.1 Å². The number of rotatable bonds is 8. The molecule has 44 heavy (non-hydrogen) atoms. The van der Waals surface area contributed by atoms with E-state index in [0.717, 1.165) is 11.1 Å². The molecular formula is C34H24F4N2O4. The van der Waals surface area contributed by atoms with Crippen LogP contribution in [0.4, 0.5) is 28.9 Å². The van der Waals surface area contributed by atoms with E-state index in [1.54, 1.807) is 48.5 Å². The molecule has 0 atom stereocenters. The maximum absolute atomic E-state index is 15.0. The van der Waals surface area contributed by atoms with Crippen LogP contribution >= 0.6 is 0 Å². The number of hydrogen-bond acceptors (Lipinski definition) is 4. The number of carbonyl (C=O) groups is 2. The molecule has 2 amide bonds. The molecule has 2 N–H and O–H groups in total. The molecule has 0 aromatic heterocycles. The van der Waals surface area contributed by atoms with E-state index < -0.39 is 46.6 Å². The molecule has 0 saturated heterocycles. The van der Waals surface area contributed by atoms with Crippen LogP contribution in [0.3, 0.4) is 0 Å². The van der Waals surface area contributed by atoms with Gasteiger partial charge in [-0.25, -0.2) is 0 Å². The minimum Gasteiger partial charge on any atom is -0.451 e. The normalized spacial score (nSPS) is 10.7. The van der Waals surface area contributed by atoms with Crippen molar-refractivity contribution in [2.45, 2.75) is 13.8 Å². The lowest BCUT2D eigenvalue weighted by atomic mass is 10.1. The molecule has 0 aliphatic rings. The lowest BCUT2D eigenvalue weighted by molar-refractivity contribution is 0.101. The minimum atomic E-state index is -1.84. The van der Waals surface area contributed by atoms with Gasteiger partial charge in [-0.3, -0.25) is 9.59 Å². The molecule has 0 radical (unpaired) electrons. The zero-order valence-corrected chi connectivity index (χ0v) is 23.4. The van der Waals surface area contributed by atoms with Gasteiger partial charge in [0.25, 0.3) is 11.8 Å². The number of hydrogen-bond donors (Lipinski definition) is 2. The zero-order chi connectivity index (χ0) is 31.4. The Labute approximate surface area is 249 Å². The first kappa shape index (κ1) is 29.8. The molecule has 5 aromatic rings. The second-order valence-electron chi connectivity index (χ2n) is 9.81. The van der Waals surface area contributed by atoms with Crippen molar-refractivity contribution in [2.75, 3.05) is 10.6 Å². The topological polar surface area (TPSA) is 76.7 Å². The Morgan fingerprint density at radius 3 is 1.20 bits per heavy atom. The average Bonchev–Trinajstić information content (AvgIpc) is 3.01. The summed E-state index contributed by atoms with van der Waals surface area (Å²) in [6, 6.07) is 24.5. The van der Waals surface area contributed by atoms with Gasteiger partial charge in [-0.15, -0.1) is 0 Å². The molecule has 5 aromatic carbocycles. The Morgan fingerprint density at radius 1 is 0.523 bits per heavy atom. The van der Waals surface area contributed by atoms with Crippen LogP contribution in [0.5, 0.6) is 23.0 Å². The van der Waals surface area contributed by atoms with Crippen LogP contribution in [0.2, 0.25) is 0 Å². The van der Waals surface area contributed by atoms with Gasteiger partial charge in [-0.1, -0.05) is 47.5 Å². The molecule has 5 rings (SSSR count). The van der Waals surface area contributed by atoms with Crippen LogP contribution in [-0.2, 0) is 0 Å². The Balaban J connectivity index is 1.33. The number of ether oxygens (including phenoxy) is 2. The number of amides is 2. The zero-order valence-electron chi connectivity index (χ0n) is 23.4. The Bertz CT molecular complexity index is 1690. The fourth-order valence-corrected chi connectivity index (χ4v) is 4.10. The maximum atomic E-state index is 15.0. The fourth-order valence-electron chi connectivity index (χ4n) is 4.10. The lowest BCUT2D eigenvalue weighted by Gasteiger charge is -2.15. The predicted octanol–water partition coefficient (Wildman–Crippen LogP) is 8.95. The smallest absolute Gasteiger partial charge is 0.255 e. The lowest BCUT2D eigenvalue weighted by Crippen LogP contribution is -2.12. The van der Waals surface area contributed by atoms with Crippen LogP contribution in [0.1, 0.15) is 31.8 Å². The van der Waals surface area contributed by atoms with Crippen molar-refractivity contribution in [1.29, 1.82) is 0 Å². The van der Waals surface area contributed by atoms with Gasteiger partial charge in [0, 0.05) is 34.6 Å². The number of aryl methyl sites for hydroxylation is 2. The summed E-state index contributed by atoms with van der Waals surface area (Å²) in [4.78, 5) is 25.0. The van der Waals surface area contributed by atoms with E-state index in [4.69, 9.17) is 9.47 Å². The van der Waals surface area contributed by atoms with E-state index in [-0.39, 0.29) is 22.9 Å². The van der Waals surface area contributed by atoms with Gasteiger partial charge < -0.3 is 20.1 Å². The number of anilines is 2.